The number of carbonyl (C=O) groups excluding carboxylic acids is 1. The van der Waals surface area contributed by atoms with Crippen molar-refractivity contribution in [3.05, 3.63) is 23.8 Å². The zero-order chi connectivity index (χ0) is 18.2. The van der Waals surface area contributed by atoms with Crippen molar-refractivity contribution in [2.45, 2.75) is 72.2 Å². The van der Waals surface area contributed by atoms with Gasteiger partial charge in [0.05, 0.1) is 12.2 Å². The zero-order valence-corrected chi connectivity index (χ0v) is 15.6. The Morgan fingerprint density at radius 2 is 1.88 bits per heavy atom. The number of allylic oxidation sites excluding steroid dienone is 1. The number of fused-ring (bicyclic) bond motifs is 1. The molecule has 0 bridgehead atoms. The average molecular weight is 336 g/mol. The highest BCUT2D eigenvalue weighted by molar-refractivity contribution is 5.82. The van der Waals surface area contributed by atoms with E-state index in [1.54, 1.807) is 0 Å². The van der Waals surface area contributed by atoms with Crippen LogP contribution in [-0.2, 0) is 9.53 Å². The molecule has 0 saturated heterocycles. The Balaban J connectivity index is 2.37. The summed E-state index contributed by atoms with van der Waals surface area (Å²) in [5.41, 5.74) is 1.70. The van der Waals surface area contributed by atoms with Crippen LogP contribution in [0.3, 0.4) is 0 Å². The summed E-state index contributed by atoms with van der Waals surface area (Å²) in [7, 11) is 0. The number of esters is 1. The monoisotopic (exact) mass is 336 g/mol. The summed E-state index contributed by atoms with van der Waals surface area (Å²) in [6, 6.07) is 0. The van der Waals surface area contributed by atoms with Crippen LogP contribution in [0.25, 0.3) is 0 Å². The predicted molar refractivity (Wildman–Crippen MR) is 94.2 cm³/mol. The van der Waals surface area contributed by atoms with Crippen molar-refractivity contribution in [1.29, 1.82) is 0 Å². The van der Waals surface area contributed by atoms with E-state index in [4.69, 9.17) is 4.74 Å². The van der Waals surface area contributed by atoms with E-state index < -0.39 is 24.3 Å². The molecule has 2 aliphatic carbocycles. The number of ether oxygens (including phenoxy) is 1. The van der Waals surface area contributed by atoms with Gasteiger partial charge in [-0.2, -0.15) is 0 Å². The molecule has 2 fully saturated rings. The summed E-state index contributed by atoms with van der Waals surface area (Å²) in [5.74, 6) is -0.258. The Morgan fingerprint density at radius 1 is 1.25 bits per heavy atom. The van der Waals surface area contributed by atoms with Crippen LogP contribution in [0.5, 0.6) is 0 Å². The number of aliphatic hydroxyl groups excluding tert-OH is 2. The molecule has 0 amide bonds. The van der Waals surface area contributed by atoms with Gasteiger partial charge in [-0.3, -0.25) is 0 Å². The number of hydrogen-bond acceptors (Lipinski definition) is 4. The summed E-state index contributed by atoms with van der Waals surface area (Å²) < 4.78 is 5.71. The average Bonchev–Trinajstić information content (AvgIpc) is 2.44. The highest BCUT2D eigenvalue weighted by atomic mass is 16.6. The van der Waals surface area contributed by atoms with Gasteiger partial charge < -0.3 is 14.9 Å². The second kappa shape index (κ2) is 7.01. The van der Waals surface area contributed by atoms with Crippen molar-refractivity contribution in [1.82, 2.24) is 0 Å². The van der Waals surface area contributed by atoms with E-state index in [0.29, 0.717) is 12.3 Å². The van der Waals surface area contributed by atoms with E-state index in [0.717, 1.165) is 24.0 Å². The fourth-order valence-corrected chi connectivity index (χ4v) is 4.65. The van der Waals surface area contributed by atoms with Crippen LogP contribution in [0.4, 0.5) is 0 Å². The van der Waals surface area contributed by atoms with Gasteiger partial charge in [-0.25, -0.2) is 4.79 Å². The van der Waals surface area contributed by atoms with Crippen LogP contribution in [0.15, 0.2) is 23.8 Å². The summed E-state index contributed by atoms with van der Waals surface area (Å²) in [6.45, 7) is 14.0. The molecule has 0 heterocycles. The highest BCUT2D eigenvalue weighted by Crippen LogP contribution is 2.56. The minimum Gasteiger partial charge on any atom is -0.456 e. The normalized spacial score (nSPS) is 42.0. The van der Waals surface area contributed by atoms with Crippen LogP contribution in [0.2, 0.25) is 0 Å². The second-order valence-electron chi connectivity index (χ2n) is 8.41. The Morgan fingerprint density at radius 3 is 2.42 bits per heavy atom. The molecule has 0 radical (unpaired) electrons. The molecular weight excluding hydrogens is 304 g/mol. The van der Waals surface area contributed by atoms with Crippen molar-refractivity contribution in [2.75, 3.05) is 0 Å². The van der Waals surface area contributed by atoms with Crippen molar-refractivity contribution in [3.8, 4) is 0 Å². The van der Waals surface area contributed by atoms with Gasteiger partial charge in [0.15, 0.2) is 0 Å². The molecule has 2 rings (SSSR count). The van der Waals surface area contributed by atoms with Gasteiger partial charge in [-0.1, -0.05) is 31.6 Å². The van der Waals surface area contributed by atoms with Gasteiger partial charge in [0.25, 0.3) is 0 Å². The molecule has 7 atom stereocenters. The first-order chi connectivity index (χ1) is 11.1. The van der Waals surface area contributed by atoms with E-state index in [2.05, 4.69) is 20.4 Å². The third-order valence-corrected chi connectivity index (χ3v) is 6.22. The largest absolute Gasteiger partial charge is 0.456 e. The molecule has 0 aromatic rings. The number of aliphatic hydroxyl groups is 2. The van der Waals surface area contributed by atoms with Crippen molar-refractivity contribution in [3.63, 3.8) is 0 Å². The molecule has 0 unspecified atom stereocenters. The minimum atomic E-state index is -0.771. The van der Waals surface area contributed by atoms with Crippen LogP contribution >= 0.6 is 0 Å². The van der Waals surface area contributed by atoms with Crippen molar-refractivity contribution in [2.24, 2.45) is 23.2 Å². The first-order valence-corrected chi connectivity index (χ1v) is 8.93. The van der Waals surface area contributed by atoms with Gasteiger partial charge in [0.1, 0.15) is 6.10 Å². The molecule has 0 aliphatic heterocycles. The maximum Gasteiger partial charge on any atom is 0.331 e. The SMILES string of the molecule is C=C(C)[C@H]1C[C@]2(C)[C@@H](C)C[C@H](O)C[C@H]2[C@H](OC(=O)C=C(C)C)[C@@H]1O. The van der Waals surface area contributed by atoms with E-state index in [9.17, 15) is 15.0 Å². The first kappa shape index (κ1) is 19.2. The van der Waals surface area contributed by atoms with Gasteiger partial charge in [0, 0.05) is 17.9 Å². The number of rotatable bonds is 3. The summed E-state index contributed by atoms with van der Waals surface area (Å²) in [4.78, 5) is 12.2. The Hall–Kier alpha value is -1.13. The molecule has 2 saturated carbocycles. The van der Waals surface area contributed by atoms with Crippen LogP contribution in [0.1, 0.15) is 53.9 Å². The van der Waals surface area contributed by atoms with Crippen molar-refractivity contribution >= 4 is 5.97 Å². The maximum absolute atomic E-state index is 12.2. The molecule has 4 nitrogen and oxygen atoms in total. The lowest BCUT2D eigenvalue weighted by molar-refractivity contribution is -0.193. The molecule has 4 heteroatoms. The second-order valence-corrected chi connectivity index (χ2v) is 8.41. The predicted octanol–water partition coefficient (Wildman–Crippen LogP) is 3.23. The standard InChI is InChI=1S/C20H32O4/c1-11(2)7-17(22)24-19-16-9-14(21)8-13(5)20(16,6)10-15(12(3)4)18(19)23/h7,13-16,18-19,21,23H,3,8-10H2,1-2,4-6H3/t13-,14-,15+,16-,18+,19-,20+/m0/s1. The quantitative estimate of drug-likeness (QED) is 0.472. The first-order valence-electron chi connectivity index (χ1n) is 8.93. The molecule has 136 valence electrons. The zero-order valence-electron chi connectivity index (χ0n) is 15.6. The van der Waals surface area contributed by atoms with Crippen LogP contribution in [0, 0.1) is 23.2 Å². The number of carbonyl (C=O) groups is 1. The lowest BCUT2D eigenvalue weighted by atomic mass is 9.51. The van der Waals surface area contributed by atoms with Crippen LogP contribution < -0.4 is 0 Å². The van der Waals surface area contributed by atoms with Gasteiger partial charge in [0.2, 0.25) is 0 Å². The highest BCUT2D eigenvalue weighted by Gasteiger charge is 2.56. The van der Waals surface area contributed by atoms with E-state index in [1.807, 2.05) is 20.8 Å². The molecule has 0 aromatic heterocycles. The van der Waals surface area contributed by atoms with Gasteiger partial charge in [-0.05, 0) is 51.4 Å². The topological polar surface area (TPSA) is 66.8 Å². The minimum absolute atomic E-state index is 0.0450. The maximum atomic E-state index is 12.2. The van der Waals surface area contributed by atoms with Gasteiger partial charge in [-0.15, -0.1) is 0 Å². The molecule has 24 heavy (non-hydrogen) atoms. The summed E-state index contributed by atoms with van der Waals surface area (Å²) >= 11 is 0. The fourth-order valence-electron chi connectivity index (χ4n) is 4.65. The van der Waals surface area contributed by atoms with E-state index in [-0.39, 0.29) is 17.3 Å². The third kappa shape index (κ3) is 3.60. The van der Waals surface area contributed by atoms with E-state index >= 15 is 0 Å². The number of hydrogen-bond donors (Lipinski definition) is 2. The van der Waals surface area contributed by atoms with Gasteiger partial charge >= 0.3 is 5.97 Å². The van der Waals surface area contributed by atoms with Crippen LogP contribution in [-0.4, -0.2) is 34.5 Å². The molecule has 2 N–H and O–H groups in total. The van der Waals surface area contributed by atoms with E-state index in [1.165, 1.54) is 6.08 Å². The third-order valence-electron chi connectivity index (χ3n) is 6.22. The molecule has 2 aliphatic rings. The summed E-state index contributed by atoms with van der Waals surface area (Å²) in [5, 5.41) is 21.1. The molecule has 0 spiro atoms. The Labute approximate surface area is 145 Å². The lowest BCUT2D eigenvalue weighted by Gasteiger charge is -2.57. The smallest absolute Gasteiger partial charge is 0.331 e. The Kier molecular flexibility index (Phi) is 5.61. The molecular formula is C20H32O4. The lowest BCUT2D eigenvalue weighted by Crippen LogP contribution is -2.59. The molecule has 0 aromatic carbocycles. The summed E-state index contributed by atoms with van der Waals surface area (Å²) in [6.07, 6.45) is 1.80. The Bertz CT molecular complexity index is 534. The fraction of sp³-hybridized carbons (Fsp3) is 0.750. The van der Waals surface area contributed by atoms with Crippen molar-refractivity contribution < 1.29 is 19.7 Å².